The molecule has 0 aliphatic rings. The first-order chi connectivity index (χ1) is 9.53. The number of nitrogen functional groups attached to an aromatic ring is 1. The number of amides is 1. The predicted molar refractivity (Wildman–Crippen MR) is 82.5 cm³/mol. The number of carbonyl (C=O) groups excluding carboxylic acids is 1. The lowest BCUT2D eigenvalue weighted by Gasteiger charge is -2.18. The number of hydrogen-bond donors (Lipinski definition) is 2. The molecule has 1 aromatic carbocycles. The minimum absolute atomic E-state index is 0.233. The molecule has 0 atom stereocenters. The minimum Gasteiger partial charge on any atom is -0.494 e. The van der Waals surface area contributed by atoms with E-state index in [1.807, 2.05) is 0 Å². The number of ether oxygens (including phenoxy) is 1. The summed E-state index contributed by atoms with van der Waals surface area (Å²) >= 11 is 5.93. The van der Waals surface area contributed by atoms with Crippen molar-refractivity contribution in [3.8, 4) is 5.75 Å². The van der Waals surface area contributed by atoms with Gasteiger partial charge in [0.15, 0.2) is 5.75 Å². The molecule has 0 saturated carbocycles. The Labute approximate surface area is 125 Å². The maximum Gasteiger partial charge on any atom is 0.255 e. The van der Waals surface area contributed by atoms with Gasteiger partial charge in [-0.15, -0.1) is 0 Å². The molecule has 0 fully saturated rings. The third-order valence-electron chi connectivity index (χ3n) is 3.14. The molecule has 1 aromatic rings. The average molecular weight is 300 g/mol. The summed E-state index contributed by atoms with van der Waals surface area (Å²) in [6, 6.07) is 3.12. The molecule has 0 bridgehead atoms. The van der Waals surface area contributed by atoms with Crippen molar-refractivity contribution in [1.29, 1.82) is 0 Å². The van der Waals surface area contributed by atoms with E-state index in [0.29, 0.717) is 28.6 Å². The number of nitrogens with one attached hydrogen (secondary N) is 1. The number of benzene rings is 1. The van der Waals surface area contributed by atoms with Gasteiger partial charge in [-0.05, 0) is 25.2 Å². The summed E-state index contributed by atoms with van der Waals surface area (Å²) in [7, 11) is 1.48. The summed E-state index contributed by atoms with van der Waals surface area (Å²) in [5, 5.41) is 3.27. The van der Waals surface area contributed by atoms with Crippen LogP contribution in [0.25, 0.3) is 0 Å². The fourth-order valence-corrected chi connectivity index (χ4v) is 2.20. The van der Waals surface area contributed by atoms with Crippen molar-refractivity contribution in [1.82, 2.24) is 10.2 Å². The van der Waals surface area contributed by atoms with E-state index in [9.17, 15) is 4.79 Å². The molecular weight excluding hydrogens is 278 g/mol. The van der Waals surface area contributed by atoms with Gasteiger partial charge >= 0.3 is 0 Å². The zero-order valence-electron chi connectivity index (χ0n) is 12.2. The van der Waals surface area contributed by atoms with Crippen LogP contribution in [0, 0.1) is 0 Å². The number of methoxy groups -OCH3 is 1. The molecule has 3 N–H and O–H groups in total. The van der Waals surface area contributed by atoms with E-state index in [0.717, 1.165) is 19.6 Å². The number of halogens is 1. The number of nitrogens with two attached hydrogens (primary N) is 1. The number of anilines is 1. The summed E-state index contributed by atoms with van der Waals surface area (Å²) in [5.74, 6) is 0.123. The van der Waals surface area contributed by atoms with Crippen LogP contribution in [0.1, 0.15) is 24.2 Å². The van der Waals surface area contributed by atoms with Crippen molar-refractivity contribution < 1.29 is 9.53 Å². The molecule has 6 heteroatoms. The van der Waals surface area contributed by atoms with Gasteiger partial charge in [-0.3, -0.25) is 4.79 Å². The maximum absolute atomic E-state index is 12.2. The highest BCUT2D eigenvalue weighted by Crippen LogP contribution is 2.30. The lowest BCUT2D eigenvalue weighted by atomic mass is 10.1. The van der Waals surface area contributed by atoms with Crippen LogP contribution in [0.5, 0.6) is 5.75 Å². The minimum atomic E-state index is -0.233. The Morgan fingerprint density at radius 2 is 2.05 bits per heavy atom. The van der Waals surface area contributed by atoms with Crippen LogP contribution in [-0.2, 0) is 0 Å². The Morgan fingerprint density at radius 1 is 1.40 bits per heavy atom. The summed E-state index contributed by atoms with van der Waals surface area (Å²) in [5.41, 5.74) is 6.51. The van der Waals surface area contributed by atoms with E-state index >= 15 is 0 Å². The summed E-state index contributed by atoms with van der Waals surface area (Å²) in [6.07, 6.45) is 0. The maximum atomic E-state index is 12.2. The van der Waals surface area contributed by atoms with E-state index < -0.39 is 0 Å². The molecule has 20 heavy (non-hydrogen) atoms. The van der Waals surface area contributed by atoms with E-state index in [1.165, 1.54) is 7.11 Å². The Balaban J connectivity index is 2.72. The van der Waals surface area contributed by atoms with Crippen molar-refractivity contribution in [3.63, 3.8) is 0 Å². The summed E-state index contributed by atoms with van der Waals surface area (Å²) in [6.45, 7) is 7.46. The van der Waals surface area contributed by atoms with Crippen molar-refractivity contribution >= 4 is 23.2 Å². The quantitative estimate of drug-likeness (QED) is 0.756. The molecule has 0 aliphatic carbocycles. The zero-order chi connectivity index (χ0) is 15.1. The molecular formula is C14H22ClN3O2. The summed E-state index contributed by atoms with van der Waals surface area (Å²) < 4.78 is 5.17. The van der Waals surface area contributed by atoms with Crippen LogP contribution in [0.3, 0.4) is 0 Å². The lowest BCUT2D eigenvalue weighted by Crippen LogP contribution is -2.35. The second kappa shape index (κ2) is 7.97. The van der Waals surface area contributed by atoms with Crippen LogP contribution >= 0.6 is 11.6 Å². The predicted octanol–water partition coefficient (Wildman–Crippen LogP) is 2.00. The fraction of sp³-hybridized carbons (Fsp3) is 0.500. The molecule has 0 unspecified atom stereocenters. The number of nitrogens with zero attached hydrogens (tertiary/aromatic N) is 1. The average Bonchev–Trinajstić information content (AvgIpc) is 2.42. The van der Waals surface area contributed by atoms with Gasteiger partial charge in [0.2, 0.25) is 0 Å². The standard InChI is InChI=1S/C14H22ClN3O2/c1-4-18(5-2)7-6-17-14(19)11-8-10(15)9-12(16)13(11)20-3/h8-9H,4-7,16H2,1-3H3,(H,17,19). The first-order valence-electron chi connectivity index (χ1n) is 6.67. The SMILES string of the molecule is CCN(CC)CCNC(=O)c1cc(Cl)cc(N)c1OC. The highest BCUT2D eigenvalue weighted by atomic mass is 35.5. The molecule has 5 nitrogen and oxygen atoms in total. The smallest absolute Gasteiger partial charge is 0.255 e. The van der Waals surface area contributed by atoms with Crippen LogP contribution in [0.15, 0.2) is 12.1 Å². The van der Waals surface area contributed by atoms with Gasteiger partial charge < -0.3 is 20.7 Å². The van der Waals surface area contributed by atoms with Gasteiger partial charge in [0.25, 0.3) is 5.91 Å². The second-order valence-corrected chi connectivity index (χ2v) is 4.80. The van der Waals surface area contributed by atoms with Crippen LogP contribution < -0.4 is 15.8 Å². The monoisotopic (exact) mass is 299 g/mol. The normalized spacial score (nSPS) is 10.7. The van der Waals surface area contributed by atoms with Crippen LogP contribution in [0.4, 0.5) is 5.69 Å². The van der Waals surface area contributed by atoms with E-state index in [-0.39, 0.29) is 5.91 Å². The molecule has 0 heterocycles. The van der Waals surface area contributed by atoms with Crippen molar-refractivity contribution in [2.24, 2.45) is 0 Å². The van der Waals surface area contributed by atoms with Crippen molar-refractivity contribution in [2.75, 3.05) is 39.0 Å². The Hall–Kier alpha value is -1.46. The van der Waals surface area contributed by atoms with Crippen molar-refractivity contribution in [2.45, 2.75) is 13.8 Å². The number of hydrogen-bond acceptors (Lipinski definition) is 4. The van der Waals surface area contributed by atoms with Gasteiger partial charge in [-0.1, -0.05) is 25.4 Å². The van der Waals surface area contributed by atoms with E-state index in [2.05, 4.69) is 24.1 Å². The van der Waals surface area contributed by atoms with Gasteiger partial charge in [0.1, 0.15) is 0 Å². The Morgan fingerprint density at radius 3 is 2.60 bits per heavy atom. The number of carbonyl (C=O) groups is 1. The molecule has 1 rings (SSSR count). The van der Waals surface area contributed by atoms with Gasteiger partial charge in [-0.2, -0.15) is 0 Å². The van der Waals surface area contributed by atoms with Crippen molar-refractivity contribution in [3.05, 3.63) is 22.7 Å². The molecule has 0 saturated heterocycles. The first kappa shape index (κ1) is 16.6. The van der Waals surface area contributed by atoms with E-state index in [4.69, 9.17) is 22.1 Å². The second-order valence-electron chi connectivity index (χ2n) is 4.36. The van der Waals surface area contributed by atoms with E-state index in [1.54, 1.807) is 12.1 Å². The van der Waals surface area contributed by atoms with Gasteiger partial charge in [0.05, 0.1) is 18.4 Å². The first-order valence-corrected chi connectivity index (χ1v) is 7.04. The zero-order valence-corrected chi connectivity index (χ0v) is 13.0. The summed E-state index contributed by atoms with van der Waals surface area (Å²) in [4.78, 5) is 14.4. The molecule has 0 aromatic heterocycles. The topological polar surface area (TPSA) is 67.6 Å². The number of rotatable bonds is 7. The lowest BCUT2D eigenvalue weighted by molar-refractivity contribution is 0.0946. The van der Waals surface area contributed by atoms with Crippen LogP contribution in [0.2, 0.25) is 5.02 Å². The molecule has 0 spiro atoms. The molecule has 112 valence electrons. The molecule has 0 aliphatic heterocycles. The Kier molecular flexibility index (Phi) is 6.61. The highest BCUT2D eigenvalue weighted by molar-refractivity contribution is 6.31. The third kappa shape index (κ3) is 4.28. The largest absolute Gasteiger partial charge is 0.494 e. The Bertz CT molecular complexity index is 462. The number of likely N-dealkylation sites (N-methyl/N-ethyl adjacent to an activating group) is 1. The van der Waals surface area contributed by atoms with Crippen LogP contribution in [-0.4, -0.2) is 44.1 Å². The fourth-order valence-electron chi connectivity index (χ4n) is 1.97. The highest BCUT2D eigenvalue weighted by Gasteiger charge is 2.16. The third-order valence-corrected chi connectivity index (χ3v) is 3.36. The molecule has 1 amide bonds. The van der Waals surface area contributed by atoms with Gasteiger partial charge in [0, 0.05) is 18.1 Å². The molecule has 0 radical (unpaired) electrons. The van der Waals surface area contributed by atoms with Gasteiger partial charge in [-0.25, -0.2) is 0 Å².